The minimum absolute atomic E-state index is 0.394. The molecule has 0 aliphatic rings. The smallest absolute Gasteiger partial charge is 0.328 e. The van der Waals surface area contributed by atoms with E-state index >= 15 is 0 Å². The zero-order valence-corrected chi connectivity index (χ0v) is 10.5. The third kappa shape index (κ3) is 2.90. The van der Waals surface area contributed by atoms with E-state index in [4.69, 9.17) is 17.3 Å². The number of carbonyl (C=O) groups is 1. The first kappa shape index (κ1) is 13.4. The average molecular weight is 260 g/mol. The number of carboxylic acid groups (broad SMARTS) is 1. The number of carboxylic acids is 1. The predicted molar refractivity (Wildman–Crippen MR) is 68.0 cm³/mol. The Hall–Kier alpha value is -0.710. The lowest BCUT2D eigenvalue weighted by molar-refractivity contribution is -0.143. The SMILES string of the molecule is CSCCC(N)(C(=O)O)c1ccc(Cl)cc1. The summed E-state index contributed by atoms with van der Waals surface area (Å²) in [5, 5.41) is 9.79. The van der Waals surface area contributed by atoms with Crippen LogP contribution in [0.1, 0.15) is 12.0 Å². The van der Waals surface area contributed by atoms with Crippen LogP contribution in [0.25, 0.3) is 0 Å². The van der Waals surface area contributed by atoms with Gasteiger partial charge in [0.2, 0.25) is 0 Å². The maximum absolute atomic E-state index is 11.2. The fraction of sp³-hybridized carbons (Fsp3) is 0.364. The summed E-state index contributed by atoms with van der Waals surface area (Å²) in [5.74, 6) is -0.310. The molecule has 0 saturated heterocycles. The van der Waals surface area contributed by atoms with Crippen LogP contribution in [0.5, 0.6) is 0 Å². The van der Waals surface area contributed by atoms with E-state index < -0.39 is 11.5 Å². The van der Waals surface area contributed by atoms with Crippen molar-refractivity contribution in [1.82, 2.24) is 0 Å². The van der Waals surface area contributed by atoms with E-state index in [1.807, 2.05) is 6.26 Å². The molecular formula is C11H14ClNO2S. The van der Waals surface area contributed by atoms with Crippen LogP contribution < -0.4 is 5.73 Å². The lowest BCUT2D eigenvalue weighted by Gasteiger charge is -2.24. The topological polar surface area (TPSA) is 63.3 Å². The predicted octanol–water partition coefficient (Wildman–Crippen LogP) is 2.33. The maximum atomic E-state index is 11.2. The summed E-state index contributed by atoms with van der Waals surface area (Å²) in [7, 11) is 0. The molecule has 3 nitrogen and oxygen atoms in total. The van der Waals surface area contributed by atoms with Gasteiger partial charge in [-0.15, -0.1) is 0 Å². The molecular weight excluding hydrogens is 246 g/mol. The lowest BCUT2D eigenvalue weighted by atomic mass is 9.88. The van der Waals surface area contributed by atoms with E-state index in [9.17, 15) is 9.90 Å². The number of benzene rings is 1. The summed E-state index contributed by atoms with van der Waals surface area (Å²) < 4.78 is 0. The van der Waals surface area contributed by atoms with E-state index in [1.165, 1.54) is 0 Å². The van der Waals surface area contributed by atoms with Gasteiger partial charge in [-0.25, -0.2) is 4.79 Å². The van der Waals surface area contributed by atoms with Gasteiger partial charge in [0.1, 0.15) is 5.54 Å². The van der Waals surface area contributed by atoms with Crippen molar-refractivity contribution in [3.05, 3.63) is 34.9 Å². The highest BCUT2D eigenvalue weighted by Gasteiger charge is 2.35. The minimum Gasteiger partial charge on any atom is -0.480 e. The number of rotatable bonds is 5. The first-order valence-electron chi connectivity index (χ1n) is 4.78. The van der Waals surface area contributed by atoms with E-state index in [-0.39, 0.29) is 0 Å². The van der Waals surface area contributed by atoms with Crippen LogP contribution in [-0.4, -0.2) is 23.1 Å². The second-order valence-corrected chi connectivity index (χ2v) is 4.95. The normalized spacial score (nSPS) is 14.4. The van der Waals surface area contributed by atoms with Crippen LogP contribution in [0.4, 0.5) is 0 Å². The molecule has 1 atom stereocenters. The standard InChI is InChI=1S/C11H14ClNO2S/c1-16-7-6-11(13,10(14)15)8-2-4-9(12)5-3-8/h2-5H,6-7,13H2,1H3,(H,14,15). The Morgan fingerprint density at radius 3 is 2.50 bits per heavy atom. The summed E-state index contributed by atoms with van der Waals surface area (Å²) in [6, 6.07) is 6.63. The molecule has 0 saturated carbocycles. The first-order chi connectivity index (χ1) is 7.50. The first-order valence-corrected chi connectivity index (χ1v) is 6.55. The van der Waals surface area contributed by atoms with Gasteiger partial charge in [0.05, 0.1) is 0 Å². The second kappa shape index (κ2) is 5.57. The number of hydrogen-bond donors (Lipinski definition) is 2. The lowest BCUT2D eigenvalue weighted by Crippen LogP contribution is -2.45. The Kier molecular flexibility index (Phi) is 4.65. The van der Waals surface area contributed by atoms with Crippen LogP contribution in [0.15, 0.2) is 24.3 Å². The van der Waals surface area contributed by atoms with Crippen LogP contribution in [0, 0.1) is 0 Å². The van der Waals surface area contributed by atoms with Crippen molar-refractivity contribution in [2.45, 2.75) is 12.0 Å². The van der Waals surface area contributed by atoms with Crippen molar-refractivity contribution < 1.29 is 9.90 Å². The number of nitrogens with two attached hydrogens (primary N) is 1. The fourth-order valence-corrected chi connectivity index (χ4v) is 2.04. The highest BCUT2D eigenvalue weighted by Crippen LogP contribution is 2.25. The molecule has 88 valence electrons. The van der Waals surface area contributed by atoms with Crippen LogP contribution >= 0.6 is 23.4 Å². The molecule has 1 unspecified atom stereocenters. The Labute approximate surface area is 104 Å². The number of hydrogen-bond acceptors (Lipinski definition) is 3. The van der Waals surface area contributed by atoms with Gasteiger partial charge in [0.25, 0.3) is 0 Å². The van der Waals surface area contributed by atoms with Gasteiger partial charge in [-0.1, -0.05) is 23.7 Å². The van der Waals surface area contributed by atoms with Crippen molar-refractivity contribution in [2.75, 3.05) is 12.0 Å². The molecule has 0 bridgehead atoms. The highest BCUT2D eigenvalue weighted by molar-refractivity contribution is 7.98. The molecule has 0 aliphatic carbocycles. The van der Waals surface area contributed by atoms with Gasteiger partial charge in [-0.05, 0) is 36.1 Å². The molecule has 1 aromatic carbocycles. The van der Waals surface area contributed by atoms with E-state index in [0.717, 1.165) is 0 Å². The fourth-order valence-electron chi connectivity index (χ4n) is 1.39. The van der Waals surface area contributed by atoms with E-state index in [0.29, 0.717) is 22.8 Å². The molecule has 0 aromatic heterocycles. The highest BCUT2D eigenvalue weighted by atomic mass is 35.5. The molecule has 1 rings (SSSR count). The van der Waals surface area contributed by atoms with Crippen molar-refractivity contribution >= 4 is 29.3 Å². The molecule has 0 radical (unpaired) electrons. The molecule has 0 fully saturated rings. The number of halogens is 1. The summed E-state index contributed by atoms with van der Waals surface area (Å²) in [6.45, 7) is 0. The zero-order valence-electron chi connectivity index (χ0n) is 8.94. The largest absolute Gasteiger partial charge is 0.480 e. The molecule has 0 spiro atoms. The minimum atomic E-state index is -1.33. The molecule has 1 aromatic rings. The summed E-state index contributed by atoms with van der Waals surface area (Å²) >= 11 is 7.33. The van der Waals surface area contributed by atoms with Crippen LogP contribution in [0.2, 0.25) is 5.02 Å². The summed E-state index contributed by atoms with van der Waals surface area (Å²) in [5.41, 5.74) is 5.20. The van der Waals surface area contributed by atoms with Crippen LogP contribution in [0.3, 0.4) is 0 Å². The molecule has 0 heterocycles. The monoisotopic (exact) mass is 259 g/mol. The van der Waals surface area contributed by atoms with Crippen molar-refractivity contribution in [3.8, 4) is 0 Å². The Bertz CT molecular complexity index is 369. The molecule has 3 N–H and O–H groups in total. The van der Waals surface area contributed by atoms with Gasteiger partial charge < -0.3 is 10.8 Å². The molecule has 0 amide bonds. The molecule has 16 heavy (non-hydrogen) atoms. The number of aliphatic carboxylic acids is 1. The van der Waals surface area contributed by atoms with E-state index in [1.54, 1.807) is 36.0 Å². The van der Waals surface area contributed by atoms with E-state index in [2.05, 4.69) is 0 Å². The Morgan fingerprint density at radius 1 is 1.50 bits per heavy atom. The van der Waals surface area contributed by atoms with Gasteiger partial charge in [0.15, 0.2) is 0 Å². The zero-order chi connectivity index (χ0) is 12.2. The molecule has 0 aliphatic heterocycles. The second-order valence-electron chi connectivity index (χ2n) is 3.53. The quantitative estimate of drug-likeness (QED) is 0.852. The van der Waals surface area contributed by atoms with Crippen molar-refractivity contribution in [3.63, 3.8) is 0 Å². The average Bonchev–Trinajstić information content (AvgIpc) is 2.26. The van der Waals surface area contributed by atoms with Crippen molar-refractivity contribution in [2.24, 2.45) is 5.73 Å². The van der Waals surface area contributed by atoms with Crippen molar-refractivity contribution in [1.29, 1.82) is 0 Å². The van der Waals surface area contributed by atoms with Gasteiger partial charge in [-0.3, -0.25) is 0 Å². The summed E-state index contributed by atoms with van der Waals surface area (Å²) in [4.78, 5) is 11.2. The van der Waals surface area contributed by atoms with Gasteiger partial charge in [-0.2, -0.15) is 11.8 Å². The summed E-state index contributed by atoms with van der Waals surface area (Å²) in [6.07, 6.45) is 2.31. The number of thioether (sulfide) groups is 1. The van der Waals surface area contributed by atoms with Gasteiger partial charge >= 0.3 is 5.97 Å². The van der Waals surface area contributed by atoms with Crippen LogP contribution in [-0.2, 0) is 10.3 Å². The third-order valence-electron chi connectivity index (χ3n) is 2.44. The van der Waals surface area contributed by atoms with Gasteiger partial charge in [0, 0.05) is 5.02 Å². The Balaban J connectivity index is 3.01. The molecule has 5 heteroatoms. The Morgan fingerprint density at radius 2 is 2.06 bits per heavy atom. The third-order valence-corrected chi connectivity index (χ3v) is 3.31. The maximum Gasteiger partial charge on any atom is 0.328 e.